The van der Waals surface area contributed by atoms with Crippen molar-refractivity contribution in [1.29, 1.82) is 0 Å². The zero-order valence-corrected chi connectivity index (χ0v) is 11.0. The maximum atomic E-state index is 5.77. The average Bonchev–Trinajstić information content (AvgIpc) is 2.46. The molecule has 1 unspecified atom stereocenters. The summed E-state index contributed by atoms with van der Waals surface area (Å²) in [6.07, 6.45) is -0.0845. The van der Waals surface area contributed by atoms with Crippen LogP contribution in [0.2, 0.25) is 0 Å². The van der Waals surface area contributed by atoms with E-state index in [1.807, 2.05) is 12.1 Å². The molecule has 1 aliphatic heterocycles. The number of nitrogens with one attached hydrogen (secondary N) is 1. The molecule has 0 saturated carbocycles. The molecule has 1 saturated heterocycles. The van der Waals surface area contributed by atoms with Gasteiger partial charge in [-0.3, -0.25) is 0 Å². The van der Waals surface area contributed by atoms with Gasteiger partial charge in [-0.2, -0.15) is 0 Å². The summed E-state index contributed by atoms with van der Waals surface area (Å²) in [6.45, 7) is 2.28. The van der Waals surface area contributed by atoms with Crippen LogP contribution in [0, 0.1) is 0 Å². The molecule has 0 aliphatic carbocycles. The van der Waals surface area contributed by atoms with E-state index in [0.717, 1.165) is 24.4 Å². The summed E-state index contributed by atoms with van der Waals surface area (Å²) < 4.78 is 21.9. The molecule has 1 aromatic carbocycles. The van der Waals surface area contributed by atoms with Crippen LogP contribution in [0.4, 0.5) is 0 Å². The lowest BCUT2D eigenvalue weighted by atomic mass is 10.0. The smallest absolute Gasteiger partial charge is 0.170 e. The normalized spacial score (nSPS) is 19.4. The van der Waals surface area contributed by atoms with Gasteiger partial charge in [-0.25, -0.2) is 0 Å². The minimum absolute atomic E-state index is 0.0845. The second-order valence-electron chi connectivity index (χ2n) is 3.98. The van der Waals surface area contributed by atoms with Crippen molar-refractivity contribution in [3.8, 4) is 17.2 Å². The van der Waals surface area contributed by atoms with Crippen LogP contribution in [-0.4, -0.2) is 41.0 Å². The fourth-order valence-corrected chi connectivity index (χ4v) is 2.17. The second-order valence-corrected chi connectivity index (χ2v) is 3.98. The van der Waals surface area contributed by atoms with Gasteiger partial charge < -0.3 is 24.3 Å². The van der Waals surface area contributed by atoms with Crippen molar-refractivity contribution in [2.45, 2.75) is 6.10 Å². The molecule has 0 aromatic heterocycles. The minimum atomic E-state index is -0.0845. The van der Waals surface area contributed by atoms with Crippen LogP contribution in [0.3, 0.4) is 0 Å². The highest BCUT2D eigenvalue weighted by atomic mass is 16.5. The van der Waals surface area contributed by atoms with E-state index in [1.165, 1.54) is 0 Å². The van der Waals surface area contributed by atoms with E-state index >= 15 is 0 Å². The Labute approximate surface area is 107 Å². The first kappa shape index (κ1) is 13.0. The van der Waals surface area contributed by atoms with Gasteiger partial charge in [0, 0.05) is 13.1 Å². The highest BCUT2D eigenvalue weighted by Gasteiger charge is 2.26. The third-order valence-corrected chi connectivity index (χ3v) is 3.01. The molecule has 1 heterocycles. The summed E-state index contributed by atoms with van der Waals surface area (Å²) >= 11 is 0. The molecule has 1 N–H and O–H groups in total. The Balaban J connectivity index is 2.45. The maximum absolute atomic E-state index is 5.77. The predicted octanol–water partition coefficient (Wildman–Crippen LogP) is 1.37. The summed E-state index contributed by atoms with van der Waals surface area (Å²) in [7, 11) is 4.88. The van der Waals surface area contributed by atoms with Gasteiger partial charge in [-0.15, -0.1) is 0 Å². The van der Waals surface area contributed by atoms with Crippen LogP contribution < -0.4 is 19.5 Å². The number of rotatable bonds is 4. The first-order chi connectivity index (χ1) is 8.81. The molecule has 1 atom stereocenters. The van der Waals surface area contributed by atoms with Gasteiger partial charge in [0.25, 0.3) is 0 Å². The molecule has 1 aromatic rings. The lowest BCUT2D eigenvalue weighted by molar-refractivity contribution is 0.0245. The van der Waals surface area contributed by atoms with Gasteiger partial charge in [0.15, 0.2) is 11.5 Å². The van der Waals surface area contributed by atoms with Gasteiger partial charge in [-0.1, -0.05) is 0 Å². The van der Waals surface area contributed by atoms with Gasteiger partial charge in [0.1, 0.15) is 11.9 Å². The van der Waals surface area contributed by atoms with E-state index in [2.05, 4.69) is 5.32 Å². The minimum Gasteiger partial charge on any atom is -0.496 e. The fourth-order valence-electron chi connectivity index (χ4n) is 2.17. The van der Waals surface area contributed by atoms with Crippen molar-refractivity contribution in [2.24, 2.45) is 0 Å². The van der Waals surface area contributed by atoms with Crippen LogP contribution in [-0.2, 0) is 4.74 Å². The van der Waals surface area contributed by atoms with Crippen molar-refractivity contribution >= 4 is 0 Å². The average molecular weight is 253 g/mol. The number of morpholine rings is 1. The van der Waals surface area contributed by atoms with Crippen molar-refractivity contribution in [2.75, 3.05) is 41.0 Å². The summed E-state index contributed by atoms with van der Waals surface area (Å²) in [5.74, 6) is 2.11. The van der Waals surface area contributed by atoms with E-state index in [0.29, 0.717) is 18.1 Å². The molecule has 100 valence electrons. The molecule has 1 aliphatic rings. The molecule has 1 fully saturated rings. The van der Waals surface area contributed by atoms with Gasteiger partial charge >= 0.3 is 0 Å². The van der Waals surface area contributed by atoms with Gasteiger partial charge in [-0.05, 0) is 12.1 Å². The first-order valence-corrected chi connectivity index (χ1v) is 5.93. The Morgan fingerprint density at radius 1 is 1.11 bits per heavy atom. The third kappa shape index (κ3) is 2.37. The van der Waals surface area contributed by atoms with Crippen LogP contribution in [0.15, 0.2) is 12.1 Å². The highest BCUT2D eigenvalue weighted by Crippen LogP contribution is 2.42. The van der Waals surface area contributed by atoms with Crippen molar-refractivity contribution in [3.05, 3.63) is 17.7 Å². The Hall–Kier alpha value is -1.46. The Morgan fingerprint density at radius 2 is 1.83 bits per heavy atom. The number of benzene rings is 1. The van der Waals surface area contributed by atoms with E-state index in [1.54, 1.807) is 21.3 Å². The standard InChI is InChI=1S/C13H19NO4/c1-15-9-4-5-10(16-2)13(17-3)12(9)11-8-14-6-7-18-11/h4-5,11,14H,6-8H2,1-3H3. The third-order valence-electron chi connectivity index (χ3n) is 3.01. The Bertz CT molecular complexity index is 402. The van der Waals surface area contributed by atoms with Crippen LogP contribution in [0.25, 0.3) is 0 Å². The Kier molecular flexibility index (Phi) is 4.28. The van der Waals surface area contributed by atoms with E-state index in [4.69, 9.17) is 18.9 Å². The van der Waals surface area contributed by atoms with Gasteiger partial charge in [0.05, 0.1) is 33.5 Å². The lowest BCUT2D eigenvalue weighted by Gasteiger charge is -2.27. The maximum Gasteiger partial charge on any atom is 0.170 e. The number of methoxy groups -OCH3 is 3. The summed E-state index contributed by atoms with van der Waals surface area (Å²) in [6, 6.07) is 3.70. The molecule has 18 heavy (non-hydrogen) atoms. The summed E-state index contributed by atoms with van der Waals surface area (Å²) in [4.78, 5) is 0. The molecular weight excluding hydrogens is 234 g/mol. The molecule has 2 rings (SSSR count). The molecule has 0 bridgehead atoms. The fraction of sp³-hybridized carbons (Fsp3) is 0.538. The molecule has 0 radical (unpaired) electrons. The highest BCUT2D eigenvalue weighted by molar-refractivity contribution is 5.55. The summed E-state index contributed by atoms with van der Waals surface area (Å²) in [5.41, 5.74) is 0.895. The summed E-state index contributed by atoms with van der Waals surface area (Å²) in [5, 5.41) is 3.30. The van der Waals surface area contributed by atoms with Crippen LogP contribution >= 0.6 is 0 Å². The topological polar surface area (TPSA) is 49.0 Å². The largest absolute Gasteiger partial charge is 0.496 e. The van der Waals surface area contributed by atoms with Crippen molar-refractivity contribution in [1.82, 2.24) is 5.32 Å². The molecule has 0 spiro atoms. The number of ether oxygens (including phenoxy) is 4. The number of hydrogen-bond acceptors (Lipinski definition) is 5. The molecule has 0 amide bonds. The molecule has 5 nitrogen and oxygen atoms in total. The second kappa shape index (κ2) is 5.93. The van der Waals surface area contributed by atoms with Crippen LogP contribution in [0.1, 0.15) is 11.7 Å². The zero-order chi connectivity index (χ0) is 13.0. The van der Waals surface area contributed by atoms with E-state index in [-0.39, 0.29) is 6.10 Å². The Morgan fingerprint density at radius 3 is 2.39 bits per heavy atom. The molecular formula is C13H19NO4. The van der Waals surface area contributed by atoms with E-state index < -0.39 is 0 Å². The first-order valence-electron chi connectivity index (χ1n) is 5.93. The monoisotopic (exact) mass is 253 g/mol. The van der Waals surface area contributed by atoms with Crippen molar-refractivity contribution < 1.29 is 18.9 Å². The van der Waals surface area contributed by atoms with Gasteiger partial charge in [0.2, 0.25) is 0 Å². The quantitative estimate of drug-likeness (QED) is 0.878. The van der Waals surface area contributed by atoms with E-state index in [9.17, 15) is 0 Å². The SMILES string of the molecule is COc1ccc(OC)c(C2CNCCO2)c1OC. The zero-order valence-electron chi connectivity index (χ0n) is 11.0. The lowest BCUT2D eigenvalue weighted by Crippen LogP contribution is -2.33. The predicted molar refractivity (Wildman–Crippen MR) is 67.7 cm³/mol. The molecule has 5 heteroatoms. The number of hydrogen-bond donors (Lipinski definition) is 1. The van der Waals surface area contributed by atoms with Crippen LogP contribution in [0.5, 0.6) is 17.2 Å². The van der Waals surface area contributed by atoms with Crippen molar-refractivity contribution in [3.63, 3.8) is 0 Å².